The van der Waals surface area contributed by atoms with Crippen LogP contribution in [-0.2, 0) is 0 Å². The van der Waals surface area contributed by atoms with Gasteiger partial charge in [0.15, 0.2) is 0 Å². The van der Waals surface area contributed by atoms with Gasteiger partial charge in [0.25, 0.3) is 0 Å². The molecule has 1 aromatic heterocycles. The van der Waals surface area contributed by atoms with Crippen LogP contribution >= 0.6 is 12.8 Å². The van der Waals surface area contributed by atoms with Crippen molar-refractivity contribution in [1.82, 2.24) is 15.0 Å². The minimum atomic E-state index is 0.266. The van der Waals surface area contributed by atoms with E-state index in [9.17, 15) is 0 Å². The lowest BCUT2D eigenvalue weighted by Gasteiger charge is -2.12. The number of hydrogen-bond donors (Lipinski definition) is 4. The predicted molar refractivity (Wildman–Crippen MR) is 70.0 cm³/mol. The van der Waals surface area contributed by atoms with E-state index < -0.39 is 0 Å². The van der Waals surface area contributed by atoms with Gasteiger partial charge < -0.3 is 15.4 Å². The van der Waals surface area contributed by atoms with Crippen molar-refractivity contribution in [3.05, 3.63) is 0 Å². The van der Waals surface area contributed by atoms with Gasteiger partial charge in [-0.2, -0.15) is 15.0 Å². The SMILES string of the molecule is CC(C)Nc1nc(NS)nc(NC(C)C)n1. The molecule has 0 bridgehead atoms. The second-order valence-corrected chi connectivity index (χ2v) is 4.24. The first-order valence-electron chi connectivity index (χ1n) is 5.20. The van der Waals surface area contributed by atoms with Gasteiger partial charge in [-0.05, 0) is 27.7 Å². The molecule has 0 amide bonds. The van der Waals surface area contributed by atoms with Gasteiger partial charge in [0.1, 0.15) is 0 Å². The zero-order chi connectivity index (χ0) is 12.1. The number of hydrogen-bond acceptors (Lipinski definition) is 7. The third-order valence-electron chi connectivity index (χ3n) is 1.57. The Hall–Kier alpha value is -1.24. The Kier molecular flexibility index (Phi) is 4.60. The molecule has 0 fully saturated rings. The maximum Gasteiger partial charge on any atom is 0.239 e. The van der Waals surface area contributed by atoms with Gasteiger partial charge >= 0.3 is 0 Å². The molecule has 3 N–H and O–H groups in total. The highest BCUT2D eigenvalue weighted by atomic mass is 32.1. The first kappa shape index (κ1) is 12.8. The Morgan fingerprint density at radius 1 is 0.812 bits per heavy atom. The Labute approximate surface area is 101 Å². The van der Waals surface area contributed by atoms with Crippen LogP contribution in [0.3, 0.4) is 0 Å². The molecule has 0 spiro atoms. The number of anilines is 3. The van der Waals surface area contributed by atoms with Crippen molar-refractivity contribution in [1.29, 1.82) is 0 Å². The van der Waals surface area contributed by atoms with E-state index in [1.54, 1.807) is 0 Å². The Morgan fingerprint density at radius 3 is 1.50 bits per heavy atom. The Morgan fingerprint density at radius 2 is 1.19 bits per heavy atom. The topological polar surface area (TPSA) is 74.8 Å². The molecule has 0 aromatic carbocycles. The molecule has 0 aliphatic carbocycles. The summed E-state index contributed by atoms with van der Waals surface area (Å²) in [4.78, 5) is 12.5. The lowest BCUT2D eigenvalue weighted by molar-refractivity contribution is 0.847. The summed E-state index contributed by atoms with van der Waals surface area (Å²) in [6.45, 7) is 8.08. The standard InChI is InChI=1S/C9H18N6S/c1-5(2)10-7-12-8(11-6(3)4)14-9(13-7)15-16/h5-6,16H,1-4H3,(H3,10,11,12,13,14,15). The number of thiol groups is 1. The second-order valence-electron chi connectivity index (χ2n) is 4.02. The van der Waals surface area contributed by atoms with Gasteiger partial charge in [-0.3, -0.25) is 0 Å². The van der Waals surface area contributed by atoms with Crippen molar-refractivity contribution in [2.24, 2.45) is 0 Å². The third kappa shape index (κ3) is 4.09. The van der Waals surface area contributed by atoms with Crippen molar-refractivity contribution in [3.63, 3.8) is 0 Å². The fraction of sp³-hybridized carbons (Fsp3) is 0.667. The van der Waals surface area contributed by atoms with Crippen LogP contribution in [0.25, 0.3) is 0 Å². The van der Waals surface area contributed by atoms with E-state index in [4.69, 9.17) is 0 Å². The maximum atomic E-state index is 4.24. The summed E-state index contributed by atoms with van der Waals surface area (Å²) in [5.41, 5.74) is 0. The first-order valence-corrected chi connectivity index (χ1v) is 5.65. The molecule has 6 nitrogen and oxygen atoms in total. The van der Waals surface area contributed by atoms with Crippen molar-refractivity contribution in [2.75, 3.05) is 15.4 Å². The molecule has 0 atom stereocenters. The monoisotopic (exact) mass is 242 g/mol. The Bertz CT molecular complexity index is 313. The van der Waals surface area contributed by atoms with Gasteiger partial charge in [-0.15, -0.1) is 0 Å². The van der Waals surface area contributed by atoms with E-state index in [2.05, 4.69) is 43.1 Å². The van der Waals surface area contributed by atoms with Gasteiger partial charge in [-0.25, -0.2) is 0 Å². The molecule has 1 aromatic rings. The van der Waals surface area contributed by atoms with Gasteiger partial charge in [-0.1, -0.05) is 12.8 Å². The molecule has 0 saturated heterocycles. The number of nitrogens with zero attached hydrogens (tertiary/aromatic N) is 3. The lowest BCUT2D eigenvalue weighted by atomic mass is 10.4. The fourth-order valence-electron chi connectivity index (χ4n) is 1.07. The largest absolute Gasteiger partial charge is 0.352 e. The molecule has 0 saturated carbocycles. The van der Waals surface area contributed by atoms with Crippen molar-refractivity contribution >= 4 is 30.7 Å². The Balaban J connectivity index is 2.91. The van der Waals surface area contributed by atoms with Gasteiger partial charge in [0.05, 0.1) is 0 Å². The summed E-state index contributed by atoms with van der Waals surface area (Å²) in [6.07, 6.45) is 0. The summed E-state index contributed by atoms with van der Waals surface area (Å²) in [6, 6.07) is 0.532. The van der Waals surface area contributed by atoms with E-state index in [0.29, 0.717) is 17.8 Å². The minimum absolute atomic E-state index is 0.266. The zero-order valence-electron chi connectivity index (χ0n) is 9.94. The van der Waals surface area contributed by atoms with Crippen LogP contribution in [0.5, 0.6) is 0 Å². The molecule has 0 aliphatic rings. The van der Waals surface area contributed by atoms with E-state index >= 15 is 0 Å². The summed E-state index contributed by atoms with van der Waals surface area (Å²) in [7, 11) is 0. The smallest absolute Gasteiger partial charge is 0.239 e. The molecule has 1 heterocycles. The highest BCUT2D eigenvalue weighted by Gasteiger charge is 2.07. The molecule has 90 valence electrons. The molecular weight excluding hydrogens is 224 g/mol. The normalized spacial score (nSPS) is 10.7. The van der Waals surface area contributed by atoms with Crippen LogP contribution in [0.1, 0.15) is 27.7 Å². The first-order chi connectivity index (χ1) is 7.51. The highest BCUT2D eigenvalue weighted by molar-refractivity contribution is 7.81. The quantitative estimate of drug-likeness (QED) is 0.590. The van der Waals surface area contributed by atoms with Crippen LogP contribution in [0.4, 0.5) is 17.8 Å². The van der Waals surface area contributed by atoms with Crippen LogP contribution in [-0.4, -0.2) is 27.0 Å². The zero-order valence-corrected chi connectivity index (χ0v) is 10.8. The fourth-order valence-corrected chi connectivity index (χ4v) is 1.17. The van der Waals surface area contributed by atoms with E-state index in [-0.39, 0.29) is 12.1 Å². The number of nitrogens with one attached hydrogen (secondary N) is 3. The molecule has 7 heteroatoms. The third-order valence-corrected chi connectivity index (χ3v) is 1.77. The molecule has 0 aliphatic heterocycles. The summed E-state index contributed by atoms with van der Waals surface area (Å²) in [5.74, 6) is 1.49. The average molecular weight is 242 g/mol. The summed E-state index contributed by atoms with van der Waals surface area (Å²) < 4.78 is 2.61. The molecule has 0 unspecified atom stereocenters. The van der Waals surface area contributed by atoms with Crippen molar-refractivity contribution in [3.8, 4) is 0 Å². The van der Waals surface area contributed by atoms with Crippen LogP contribution in [0.15, 0.2) is 0 Å². The average Bonchev–Trinajstić information content (AvgIpc) is 2.14. The summed E-state index contributed by atoms with van der Waals surface area (Å²) in [5, 5.41) is 6.23. The molecule has 0 radical (unpaired) electrons. The second kappa shape index (κ2) is 5.74. The summed E-state index contributed by atoms with van der Waals surface area (Å²) >= 11 is 3.93. The molecule has 1 rings (SSSR count). The van der Waals surface area contributed by atoms with E-state index in [0.717, 1.165) is 0 Å². The maximum absolute atomic E-state index is 4.24. The van der Waals surface area contributed by atoms with Crippen LogP contribution in [0.2, 0.25) is 0 Å². The van der Waals surface area contributed by atoms with E-state index in [1.165, 1.54) is 0 Å². The molecular formula is C9H18N6S. The van der Waals surface area contributed by atoms with Gasteiger partial charge in [0, 0.05) is 12.1 Å². The van der Waals surface area contributed by atoms with Crippen molar-refractivity contribution < 1.29 is 0 Å². The minimum Gasteiger partial charge on any atom is -0.352 e. The predicted octanol–water partition coefficient (Wildman–Crippen LogP) is 1.77. The van der Waals surface area contributed by atoms with E-state index in [1.807, 2.05) is 27.7 Å². The van der Waals surface area contributed by atoms with Crippen molar-refractivity contribution in [2.45, 2.75) is 39.8 Å². The number of aromatic nitrogens is 3. The van der Waals surface area contributed by atoms with Gasteiger partial charge in [0.2, 0.25) is 17.8 Å². The van der Waals surface area contributed by atoms with Crippen LogP contribution < -0.4 is 15.4 Å². The number of rotatable bonds is 5. The highest BCUT2D eigenvalue weighted by Crippen LogP contribution is 2.11. The van der Waals surface area contributed by atoms with Crippen LogP contribution in [0, 0.1) is 0 Å². The lowest BCUT2D eigenvalue weighted by Crippen LogP contribution is -2.17. The molecule has 16 heavy (non-hydrogen) atoms.